The van der Waals surface area contributed by atoms with E-state index in [1.54, 1.807) is 37.1 Å². The fraction of sp³-hybridized carbons (Fsp3) is 0.531. The number of fused-ring (bicyclic) bond motifs is 1. The van der Waals surface area contributed by atoms with E-state index in [-0.39, 0.29) is 55.7 Å². The zero-order chi connectivity index (χ0) is 32.7. The van der Waals surface area contributed by atoms with Crippen molar-refractivity contribution in [1.29, 1.82) is 0 Å². The van der Waals surface area contributed by atoms with Crippen LogP contribution in [0.4, 0.5) is 34.1 Å². The minimum Gasteiger partial charge on any atom is -0.488 e. The van der Waals surface area contributed by atoms with E-state index in [1.807, 2.05) is 6.92 Å². The number of anilines is 2. The van der Waals surface area contributed by atoms with Crippen molar-refractivity contribution in [3.05, 3.63) is 53.6 Å². The van der Waals surface area contributed by atoms with Gasteiger partial charge in [0.25, 0.3) is 0 Å². The second-order valence-electron chi connectivity index (χ2n) is 12.0. The number of amides is 5. The predicted octanol–water partition coefficient (Wildman–Crippen LogP) is 5.47. The number of alkyl halides is 3. The molecule has 0 saturated heterocycles. The Labute approximate surface area is 261 Å². The minimum absolute atomic E-state index is 0.0247. The molecule has 0 bridgehead atoms. The predicted molar refractivity (Wildman–Crippen MR) is 164 cm³/mol. The first kappa shape index (κ1) is 33.9. The molecule has 5 amide bonds. The highest BCUT2D eigenvalue weighted by molar-refractivity contribution is 5.90. The molecule has 0 radical (unpaired) electrons. The highest BCUT2D eigenvalue weighted by atomic mass is 19.4. The van der Waals surface area contributed by atoms with Crippen LogP contribution in [0.25, 0.3) is 0 Å². The number of likely N-dealkylation sites (N-methyl/N-ethyl adjacent to an activating group) is 1. The molecule has 1 fully saturated rings. The van der Waals surface area contributed by atoms with Crippen LogP contribution in [0, 0.1) is 5.92 Å². The van der Waals surface area contributed by atoms with Gasteiger partial charge in [-0.3, -0.25) is 4.79 Å². The van der Waals surface area contributed by atoms with Crippen molar-refractivity contribution in [3.63, 3.8) is 0 Å². The molecule has 2 aromatic rings. The molecule has 3 atom stereocenters. The van der Waals surface area contributed by atoms with E-state index in [0.717, 1.165) is 37.8 Å². The summed E-state index contributed by atoms with van der Waals surface area (Å²) in [5, 5.41) is 18.4. The SMILES string of the molecule is C[C@@H]1CN([C@H](C)CO)C(=O)Cc2cc(NC(=O)NC3CCCCC3)ccc2O[C@H]1CN(C)C(=O)Nc1ccc(C(F)(F)F)cc1. The Morgan fingerprint density at radius 3 is 2.38 bits per heavy atom. The fourth-order valence-electron chi connectivity index (χ4n) is 5.64. The molecule has 0 unspecified atom stereocenters. The van der Waals surface area contributed by atoms with Gasteiger partial charge in [0.2, 0.25) is 5.91 Å². The lowest BCUT2D eigenvalue weighted by Crippen LogP contribution is -2.48. The summed E-state index contributed by atoms with van der Waals surface area (Å²) in [6.07, 6.45) is 0.104. The zero-order valence-corrected chi connectivity index (χ0v) is 25.8. The van der Waals surface area contributed by atoms with Crippen molar-refractivity contribution in [2.45, 2.75) is 76.7 Å². The summed E-state index contributed by atoms with van der Waals surface area (Å²) in [4.78, 5) is 42.1. The topological polar surface area (TPSA) is 123 Å². The van der Waals surface area contributed by atoms with E-state index in [9.17, 15) is 32.7 Å². The summed E-state index contributed by atoms with van der Waals surface area (Å²) in [5.41, 5.74) is 0.424. The van der Waals surface area contributed by atoms with Gasteiger partial charge < -0.3 is 35.6 Å². The van der Waals surface area contributed by atoms with Crippen molar-refractivity contribution < 1.29 is 37.4 Å². The largest absolute Gasteiger partial charge is 0.488 e. The number of aliphatic hydroxyl groups is 1. The zero-order valence-electron chi connectivity index (χ0n) is 25.8. The molecule has 1 aliphatic carbocycles. The number of rotatable bonds is 7. The fourth-order valence-corrected chi connectivity index (χ4v) is 5.64. The minimum atomic E-state index is -4.49. The molecule has 0 spiro atoms. The van der Waals surface area contributed by atoms with Crippen LogP contribution in [-0.4, -0.2) is 77.8 Å². The van der Waals surface area contributed by atoms with Crippen LogP contribution >= 0.6 is 0 Å². The van der Waals surface area contributed by atoms with Gasteiger partial charge in [-0.2, -0.15) is 13.2 Å². The molecule has 1 heterocycles. The molecule has 4 rings (SSSR count). The van der Waals surface area contributed by atoms with Crippen molar-refractivity contribution in [3.8, 4) is 5.75 Å². The van der Waals surface area contributed by atoms with Gasteiger partial charge in [-0.1, -0.05) is 26.2 Å². The standard InChI is InChI=1S/C32H42F3N5O5/c1-20-17-40(21(2)19-41)29(42)16-22-15-26(37-30(43)36-24-7-5-4-6-8-24)13-14-27(22)45-28(20)18-39(3)31(44)38-25-11-9-23(10-12-25)32(33,34)35/h9-15,20-21,24,28,41H,4-8,16-19H2,1-3H3,(H,38,44)(H2,36,37,43)/t20-,21-,28+/m1/s1. The van der Waals surface area contributed by atoms with Gasteiger partial charge in [0.15, 0.2) is 0 Å². The number of halogens is 3. The molecule has 2 aliphatic rings. The third-order valence-corrected chi connectivity index (χ3v) is 8.38. The van der Waals surface area contributed by atoms with E-state index < -0.39 is 29.9 Å². The quantitative estimate of drug-likeness (QED) is 0.322. The number of aliphatic hydroxyl groups excluding tert-OH is 1. The normalized spacial score (nSPS) is 20.1. The van der Waals surface area contributed by atoms with Crippen molar-refractivity contribution >= 4 is 29.3 Å². The van der Waals surface area contributed by atoms with Crippen LogP contribution in [0.1, 0.15) is 57.1 Å². The third-order valence-electron chi connectivity index (χ3n) is 8.38. The summed E-state index contributed by atoms with van der Waals surface area (Å²) in [7, 11) is 1.54. The van der Waals surface area contributed by atoms with Gasteiger partial charge in [0.1, 0.15) is 11.9 Å². The molecule has 10 nitrogen and oxygen atoms in total. The van der Waals surface area contributed by atoms with Crippen LogP contribution in [0.5, 0.6) is 5.75 Å². The van der Waals surface area contributed by atoms with Gasteiger partial charge in [-0.15, -0.1) is 0 Å². The number of hydrogen-bond donors (Lipinski definition) is 4. The number of benzene rings is 2. The Hall–Kier alpha value is -4.00. The van der Waals surface area contributed by atoms with E-state index in [4.69, 9.17) is 4.74 Å². The van der Waals surface area contributed by atoms with E-state index in [1.165, 1.54) is 23.5 Å². The second kappa shape index (κ2) is 14.9. The average molecular weight is 634 g/mol. The maximum Gasteiger partial charge on any atom is 0.416 e. The summed E-state index contributed by atoms with van der Waals surface area (Å²) in [5.74, 6) is -0.0751. The summed E-state index contributed by atoms with van der Waals surface area (Å²) in [6.45, 7) is 3.73. The molecule has 45 heavy (non-hydrogen) atoms. The summed E-state index contributed by atoms with van der Waals surface area (Å²) < 4.78 is 45.2. The van der Waals surface area contributed by atoms with Crippen LogP contribution in [-0.2, 0) is 17.4 Å². The molecular formula is C32H42F3N5O5. The van der Waals surface area contributed by atoms with Gasteiger partial charge in [-0.25, -0.2) is 9.59 Å². The van der Waals surface area contributed by atoms with E-state index in [2.05, 4.69) is 16.0 Å². The Kier molecular flexibility index (Phi) is 11.2. The smallest absolute Gasteiger partial charge is 0.416 e. The van der Waals surface area contributed by atoms with Crippen molar-refractivity contribution in [2.24, 2.45) is 5.92 Å². The molecular weight excluding hydrogens is 591 g/mol. The number of ether oxygens (including phenoxy) is 1. The van der Waals surface area contributed by atoms with E-state index in [0.29, 0.717) is 17.0 Å². The lowest BCUT2D eigenvalue weighted by Gasteiger charge is -2.34. The number of carbonyl (C=O) groups excluding carboxylic acids is 3. The van der Waals surface area contributed by atoms with Gasteiger partial charge in [0, 0.05) is 42.5 Å². The van der Waals surface area contributed by atoms with Gasteiger partial charge in [0.05, 0.1) is 31.2 Å². The summed E-state index contributed by atoms with van der Waals surface area (Å²) in [6, 6.07) is 8.03. The van der Waals surface area contributed by atoms with Crippen LogP contribution in [0.15, 0.2) is 42.5 Å². The highest BCUT2D eigenvalue weighted by Crippen LogP contribution is 2.31. The lowest BCUT2D eigenvalue weighted by molar-refractivity contribution is -0.137. The number of carbonyl (C=O) groups is 3. The average Bonchev–Trinajstić information content (AvgIpc) is 3.04. The molecule has 0 aromatic heterocycles. The Morgan fingerprint density at radius 1 is 1.07 bits per heavy atom. The first-order chi connectivity index (χ1) is 21.3. The molecule has 4 N–H and O–H groups in total. The molecule has 13 heteroatoms. The Balaban J connectivity index is 1.51. The van der Waals surface area contributed by atoms with Crippen molar-refractivity contribution in [2.75, 3.05) is 37.4 Å². The maximum absolute atomic E-state index is 13.5. The molecule has 246 valence electrons. The van der Waals surface area contributed by atoms with Crippen molar-refractivity contribution in [1.82, 2.24) is 15.1 Å². The lowest BCUT2D eigenvalue weighted by atomic mass is 9.96. The third kappa shape index (κ3) is 9.25. The first-order valence-corrected chi connectivity index (χ1v) is 15.3. The number of urea groups is 2. The maximum atomic E-state index is 13.5. The second-order valence-corrected chi connectivity index (χ2v) is 12.0. The monoisotopic (exact) mass is 633 g/mol. The molecule has 1 saturated carbocycles. The molecule has 1 aliphatic heterocycles. The highest BCUT2D eigenvalue weighted by Gasteiger charge is 2.33. The Morgan fingerprint density at radius 2 is 1.73 bits per heavy atom. The van der Waals surface area contributed by atoms with Gasteiger partial charge in [-0.05, 0) is 62.2 Å². The number of hydrogen-bond acceptors (Lipinski definition) is 5. The van der Waals surface area contributed by atoms with Crippen LogP contribution < -0.4 is 20.7 Å². The Bertz CT molecular complexity index is 1330. The summed E-state index contributed by atoms with van der Waals surface area (Å²) >= 11 is 0. The first-order valence-electron chi connectivity index (χ1n) is 15.3. The van der Waals surface area contributed by atoms with Crippen LogP contribution in [0.2, 0.25) is 0 Å². The van der Waals surface area contributed by atoms with Gasteiger partial charge >= 0.3 is 18.2 Å². The van der Waals surface area contributed by atoms with Crippen LogP contribution in [0.3, 0.4) is 0 Å². The molecule has 2 aromatic carbocycles. The van der Waals surface area contributed by atoms with E-state index >= 15 is 0 Å². The number of nitrogens with zero attached hydrogens (tertiary/aromatic N) is 2. The number of nitrogens with one attached hydrogen (secondary N) is 3.